The van der Waals surface area contributed by atoms with Gasteiger partial charge in [0.15, 0.2) is 5.79 Å². The van der Waals surface area contributed by atoms with Gasteiger partial charge in [0.25, 0.3) is 0 Å². The average Bonchev–Trinajstić information content (AvgIpc) is 3.65. The first kappa shape index (κ1) is 28.9. The topological polar surface area (TPSA) is 87.0 Å². The van der Waals surface area contributed by atoms with Gasteiger partial charge in [0, 0.05) is 42.8 Å². The number of methoxy groups -OCH3 is 1. The van der Waals surface area contributed by atoms with Crippen molar-refractivity contribution in [2.24, 2.45) is 22.7 Å². The van der Waals surface area contributed by atoms with Crippen LogP contribution in [0.5, 0.6) is 0 Å². The third-order valence-electron chi connectivity index (χ3n) is 12.5. The molecule has 7 rings (SSSR count). The van der Waals surface area contributed by atoms with Crippen molar-refractivity contribution in [1.29, 1.82) is 0 Å². The highest BCUT2D eigenvalue weighted by Gasteiger charge is 2.80. The van der Waals surface area contributed by atoms with Crippen LogP contribution in [0.1, 0.15) is 73.6 Å². The average molecular weight is 581 g/mol. The number of aryl methyl sites for hydroxylation is 1. The summed E-state index contributed by atoms with van der Waals surface area (Å²) in [5.41, 5.74) is 3.18. The molecule has 4 aliphatic carbocycles. The standard InChI is InChI=1S/C38H44O5/c1-24-34-30(22-39)21-37(38(34,42)43-3)33(41)14-10-25-7-6-8-31(18-25)36(15-4-5-16-36)32(23-40)28-13-12-27-11-9-26(17-29(27)19-28)20-35(24,37)2/h6-9,11-13,17-19,30,32,34,39-40,42H,1,4-5,10,14-16,20-23H2,2-3H3. The van der Waals surface area contributed by atoms with Crippen LogP contribution in [-0.4, -0.2) is 47.2 Å². The Balaban J connectivity index is 1.45. The van der Waals surface area contributed by atoms with Gasteiger partial charge in [-0.15, -0.1) is 0 Å². The molecule has 5 heteroatoms. The summed E-state index contributed by atoms with van der Waals surface area (Å²) in [6.07, 6.45) is 6.01. The lowest BCUT2D eigenvalue weighted by atomic mass is 9.55. The van der Waals surface area contributed by atoms with E-state index in [1.54, 1.807) is 0 Å². The first-order chi connectivity index (χ1) is 20.7. The van der Waals surface area contributed by atoms with Crippen LogP contribution < -0.4 is 0 Å². The summed E-state index contributed by atoms with van der Waals surface area (Å²) in [4.78, 5) is 14.7. The number of hydrogen-bond acceptors (Lipinski definition) is 5. The van der Waals surface area contributed by atoms with Crippen molar-refractivity contribution in [2.45, 2.75) is 75.4 Å². The summed E-state index contributed by atoms with van der Waals surface area (Å²) in [5, 5.41) is 35.9. The summed E-state index contributed by atoms with van der Waals surface area (Å²) < 4.78 is 5.94. The maximum atomic E-state index is 14.7. The molecule has 0 aliphatic heterocycles. The lowest BCUT2D eigenvalue weighted by molar-refractivity contribution is -0.254. The van der Waals surface area contributed by atoms with Gasteiger partial charge in [-0.2, -0.15) is 0 Å². The van der Waals surface area contributed by atoms with E-state index in [1.807, 2.05) is 0 Å². The van der Waals surface area contributed by atoms with Crippen LogP contribution in [0, 0.1) is 22.7 Å². The second-order valence-corrected chi connectivity index (χ2v) is 14.1. The van der Waals surface area contributed by atoms with Gasteiger partial charge in [0.05, 0.1) is 12.0 Å². The van der Waals surface area contributed by atoms with E-state index in [0.717, 1.165) is 58.7 Å². The van der Waals surface area contributed by atoms with E-state index in [2.05, 4.69) is 74.2 Å². The molecule has 4 aliphatic rings. The Labute approximate surface area is 254 Å². The number of aliphatic hydroxyl groups is 3. The zero-order chi connectivity index (χ0) is 30.2. The molecule has 0 saturated heterocycles. The number of rotatable bonds is 3. The van der Waals surface area contributed by atoms with Crippen molar-refractivity contribution in [3.05, 3.63) is 95.1 Å². The molecule has 0 radical (unpaired) electrons. The molecular weight excluding hydrogens is 536 g/mol. The predicted molar refractivity (Wildman–Crippen MR) is 168 cm³/mol. The van der Waals surface area contributed by atoms with Gasteiger partial charge in [0.2, 0.25) is 0 Å². The minimum Gasteiger partial charge on any atom is -0.396 e. The van der Waals surface area contributed by atoms with Crippen molar-refractivity contribution >= 4 is 16.6 Å². The fourth-order valence-electron chi connectivity index (χ4n) is 10.4. The van der Waals surface area contributed by atoms with Gasteiger partial charge >= 0.3 is 0 Å². The lowest BCUT2D eigenvalue weighted by Crippen LogP contribution is -2.56. The third-order valence-corrected chi connectivity index (χ3v) is 12.5. The molecule has 7 bridgehead atoms. The van der Waals surface area contributed by atoms with E-state index in [1.165, 1.54) is 12.7 Å². The van der Waals surface area contributed by atoms with Crippen LogP contribution >= 0.6 is 0 Å². The Hall–Kier alpha value is -2.83. The molecule has 2 spiro atoms. The largest absolute Gasteiger partial charge is 0.396 e. The SMILES string of the molecule is C=C1C2C(CO)CC3(C(=O)CCc4cccc(c4)C4(CCCC4)C(CO)c4ccc5ccc(cc5c4)CC13C)C2(O)OC. The maximum Gasteiger partial charge on any atom is 0.185 e. The van der Waals surface area contributed by atoms with E-state index >= 15 is 0 Å². The summed E-state index contributed by atoms with van der Waals surface area (Å²) in [5.74, 6) is -2.60. The minimum absolute atomic E-state index is 0.0221. The highest BCUT2D eigenvalue weighted by atomic mass is 16.6. The maximum absolute atomic E-state index is 14.7. The number of carbonyl (C=O) groups excluding carboxylic acids is 1. The van der Waals surface area contributed by atoms with Crippen LogP contribution in [0.2, 0.25) is 0 Å². The number of ketones is 1. The number of fused-ring (bicyclic) bond motifs is 6. The Bertz CT molecular complexity index is 1600. The Morgan fingerprint density at radius 2 is 1.70 bits per heavy atom. The van der Waals surface area contributed by atoms with Gasteiger partial charge in [-0.25, -0.2) is 0 Å². The third kappa shape index (κ3) is 3.75. The van der Waals surface area contributed by atoms with E-state index < -0.39 is 22.5 Å². The number of aliphatic hydroxyl groups excluding tert-OH is 2. The van der Waals surface area contributed by atoms with Gasteiger partial charge in [-0.1, -0.05) is 92.6 Å². The molecule has 5 nitrogen and oxygen atoms in total. The van der Waals surface area contributed by atoms with Crippen LogP contribution in [0.15, 0.2) is 72.8 Å². The molecule has 6 unspecified atom stereocenters. The molecule has 0 amide bonds. The number of ether oxygens (including phenoxy) is 1. The number of carbonyl (C=O) groups is 1. The van der Waals surface area contributed by atoms with Crippen LogP contribution in [0.25, 0.3) is 10.8 Å². The van der Waals surface area contributed by atoms with Crippen molar-refractivity contribution in [3.8, 4) is 0 Å². The molecule has 226 valence electrons. The summed E-state index contributed by atoms with van der Waals surface area (Å²) >= 11 is 0. The molecule has 3 saturated carbocycles. The second-order valence-electron chi connectivity index (χ2n) is 14.1. The highest BCUT2D eigenvalue weighted by molar-refractivity contribution is 5.90. The quantitative estimate of drug-likeness (QED) is 0.261. The van der Waals surface area contributed by atoms with Crippen molar-refractivity contribution in [2.75, 3.05) is 20.3 Å². The molecular formula is C38H44O5. The first-order valence-electron chi connectivity index (χ1n) is 16.0. The smallest absolute Gasteiger partial charge is 0.185 e. The minimum atomic E-state index is -1.73. The molecule has 6 atom stereocenters. The molecule has 0 heterocycles. The van der Waals surface area contributed by atoms with Crippen LogP contribution in [0.3, 0.4) is 0 Å². The van der Waals surface area contributed by atoms with Crippen molar-refractivity contribution < 1.29 is 24.9 Å². The normalized spacial score (nSPS) is 35.0. The first-order valence-corrected chi connectivity index (χ1v) is 16.0. The Kier molecular flexibility index (Phi) is 6.79. The zero-order valence-corrected chi connectivity index (χ0v) is 25.4. The van der Waals surface area contributed by atoms with E-state index in [-0.39, 0.29) is 42.7 Å². The number of hydrogen-bond donors (Lipinski definition) is 3. The Morgan fingerprint density at radius 1 is 0.930 bits per heavy atom. The fraction of sp³-hybridized carbons (Fsp3) is 0.500. The number of Topliss-reactive ketones (excluding diaryl/α,β-unsaturated/α-hetero) is 1. The molecule has 3 aromatic carbocycles. The molecule has 3 N–H and O–H groups in total. The molecule has 3 fully saturated rings. The van der Waals surface area contributed by atoms with Crippen molar-refractivity contribution in [3.63, 3.8) is 0 Å². The summed E-state index contributed by atoms with van der Waals surface area (Å²) in [6.45, 7) is 6.52. The molecule has 43 heavy (non-hydrogen) atoms. The van der Waals surface area contributed by atoms with E-state index in [4.69, 9.17) is 4.74 Å². The second kappa shape index (κ2) is 10.1. The summed E-state index contributed by atoms with van der Waals surface area (Å²) in [7, 11) is 1.49. The van der Waals surface area contributed by atoms with Crippen molar-refractivity contribution in [1.82, 2.24) is 0 Å². The highest BCUT2D eigenvalue weighted by Crippen LogP contribution is 2.74. The van der Waals surface area contributed by atoms with Gasteiger partial charge in [-0.3, -0.25) is 4.79 Å². The summed E-state index contributed by atoms with van der Waals surface area (Å²) in [6, 6.07) is 21.7. The van der Waals surface area contributed by atoms with Crippen LogP contribution in [-0.2, 0) is 27.8 Å². The zero-order valence-electron chi connectivity index (χ0n) is 25.4. The van der Waals surface area contributed by atoms with E-state index in [9.17, 15) is 20.1 Å². The molecule has 0 aromatic heterocycles. The fourth-order valence-corrected chi connectivity index (χ4v) is 10.4. The predicted octanol–water partition coefficient (Wildman–Crippen LogP) is 6.01. The molecule has 3 aromatic rings. The monoisotopic (exact) mass is 580 g/mol. The van der Waals surface area contributed by atoms with Gasteiger partial charge in [-0.05, 0) is 71.0 Å². The van der Waals surface area contributed by atoms with Crippen LogP contribution in [0.4, 0.5) is 0 Å². The van der Waals surface area contributed by atoms with Gasteiger partial charge in [0.1, 0.15) is 5.78 Å². The Morgan fingerprint density at radius 3 is 2.42 bits per heavy atom. The van der Waals surface area contributed by atoms with Gasteiger partial charge < -0.3 is 20.1 Å². The number of benzene rings is 3. The van der Waals surface area contributed by atoms with E-state index in [0.29, 0.717) is 19.3 Å². The lowest BCUT2D eigenvalue weighted by Gasteiger charge is -2.48.